The molecule has 1 heterocycles. The summed E-state index contributed by atoms with van der Waals surface area (Å²) in [4.78, 5) is 24.3. The van der Waals surface area contributed by atoms with Gasteiger partial charge in [0.15, 0.2) is 6.61 Å². The number of carbonyl (C=O) groups excluding carboxylic acids is 2. The summed E-state index contributed by atoms with van der Waals surface area (Å²) in [5.74, 6) is -0.911. The highest BCUT2D eigenvalue weighted by Gasteiger charge is 2.17. The molecule has 0 radical (unpaired) electrons. The molecule has 0 saturated carbocycles. The number of amides is 1. The number of allylic oxidation sites excluding steroid dienone is 3. The number of carbonyl (C=O) groups is 2. The Morgan fingerprint density at radius 3 is 2.76 bits per heavy atom. The van der Waals surface area contributed by atoms with Crippen LogP contribution < -0.4 is 5.32 Å². The molecule has 0 unspecified atom stereocenters. The first-order valence-corrected chi connectivity index (χ1v) is 9.34. The standard InChI is InChI=1S/C22H22N4O3/c1-15-22(16(2)26(25-15)19-9-4-3-5-10-19)24-20(27)14-29-21(28)12-17-7-6-8-18(11-17)13-23/h3-5,8-11H,6-7,12,14H2,1-2H3,(H,24,27). The number of hydrogen-bond donors (Lipinski definition) is 1. The molecule has 7 nitrogen and oxygen atoms in total. The number of para-hydroxylation sites is 1. The van der Waals surface area contributed by atoms with Gasteiger partial charge in [-0.3, -0.25) is 9.59 Å². The average Bonchev–Trinajstić information content (AvgIpc) is 3.01. The van der Waals surface area contributed by atoms with Crippen LogP contribution in [-0.4, -0.2) is 28.3 Å². The molecule has 1 amide bonds. The van der Waals surface area contributed by atoms with Crippen molar-refractivity contribution in [3.8, 4) is 11.8 Å². The fraction of sp³-hybridized carbons (Fsp3) is 0.273. The second kappa shape index (κ2) is 9.02. The number of benzene rings is 1. The Bertz CT molecular complexity index is 1030. The van der Waals surface area contributed by atoms with Gasteiger partial charge in [-0.15, -0.1) is 0 Å². The van der Waals surface area contributed by atoms with Gasteiger partial charge in [0.25, 0.3) is 5.91 Å². The molecule has 2 aromatic rings. The molecule has 0 aliphatic heterocycles. The second-order valence-corrected chi connectivity index (χ2v) is 6.79. The van der Waals surface area contributed by atoms with Gasteiger partial charge in [0, 0.05) is 5.57 Å². The van der Waals surface area contributed by atoms with E-state index in [2.05, 4.69) is 16.5 Å². The van der Waals surface area contributed by atoms with Crippen LogP contribution in [0.5, 0.6) is 0 Å². The fourth-order valence-corrected chi connectivity index (χ4v) is 3.18. The van der Waals surface area contributed by atoms with Gasteiger partial charge in [-0.25, -0.2) is 4.68 Å². The lowest BCUT2D eigenvalue weighted by Crippen LogP contribution is -2.21. The van der Waals surface area contributed by atoms with Crippen LogP contribution in [0.2, 0.25) is 0 Å². The van der Waals surface area contributed by atoms with Crippen molar-refractivity contribution in [1.82, 2.24) is 9.78 Å². The normalized spacial score (nSPS) is 13.1. The molecule has 1 aliphatic rings. The minimum atomic E-state index is -0.487. The summed E-state index contributed by atoms with van der Waals surface area (Å²) in [5, 5.41) is 16.2. The van der Waals surface area contributed by atoms with Crippen LogP contribution >= 0.6 is 0 Å². The molecule has 7 heteroatoms. The summed E-state index contributed by atoms with van der Waals surface area (Å²) in [7, 11) is 0. The Morgan fingerprint density at radius 2 is 2.03 bits per heavy atom. The first-order chi connectivity index (χ1) is 14.0. The van der Waals surface area contributed by atoms with Crippen LogP contribution in [0.1, 0.15) is 30.7 Å². The summed E-state index contributed by atoms with van der Waals surface area (Å²) in [6.07, 6.45) is 5.06. The van der Waals surface area contributed by atoms with E-state index in [1.165, 1.54) is 0 Å². The highest BCUT2D eigenvalue weighted by molar-refractivity contribution is 5.94. The highest BCUT2D eigenvalue weighted by Crippen LogP contribution is 2.23. The van der Waals surface area contributed by atoms with Crippen molar-refractivity contribution in [3.63, 3.8) is 0 Å². The zero-order chi connectivity index (χ0) is 20.8. The Labute approximate surface area is 169 Å². The minimum Gasteiger partial charge on any atom is -0.455 e. The number of anilines is 1. The van der Waals surface area contributed by atoms with Gasteiger partial charge in [0.1, 0.15) is 0 Å². The van der Waals surface area contributed by atoms with E-state index < -0.39 is 11.9 Å². The first kappa shape index (κ1) is 20.1. The molecule has 0 spiro atoms. The monoisotopic (exact) mass is 390 g/mol. The lowest BCUT2D eigenvalue weighted by atomic mass is 9.98. The van der Waals surface area contributed by atoms with E-state index >= 15 is 0 Å². The molecule has 1 aromatic heterocycles. The van der Waals surface area contributed by atoms with Crippen LogP contribution in [0.15, 0.2) is 53.6 Å². The summed E-state index contributed by atoms with van der Waals surface area (Å²) < 4.78 is 6.85. The Balaban J connectivity index is 1.57. The number of rotatable bonds is 6. The zero-order valence-electron chi connectivity index (χ0n) is 16.4. The third kappa shape index (κ3) is 4.99. The summed E-state index contributed by atoms with van der Waals surface area (Å²) in [6.45, 7) is 3.30. The van der Waals surface area contributed by atoms with E-state index in [0.29, 0.717) is 23.4 Å². The van der Waals surface area contributed by atoms with Gasteiger partial charge in [-0.05, 0) is 44.9 Å². The predicted molar refractivity (Wildman–Crippen MR) is 108 cm³/mol. The van der Waals surface area contributed by atoms with Crippen molar-refractivity contribution in [2.24, 2.45) is 0 Å². The Morgan fingerprint density at radius 1 is 1.28 bits per heavy atom. The number of ether oxygens (including phenoxy) is 1. The molecule has 1 aromatic carbocycles. The van der Waals surface area contributed by atoms with Crippen molar-refractivity contribution < 1.29 is 14.3 Å². The largest absolute Gasteiger partial charge is 0.455 e. The van der Waals surface area contributed by atoms with Crippen LogP contribution in [-0.2, 0) is 14.3 Å². The maximum atomic E-state index is 12.3. The number of nitrogens with one attached hydrogen (secondary N) is 1. The van der Waals surface area contributed by atoms with Crippen LogP contribution in [0.4, 0.5) is 5.69 Å². The fourth-order valence-electron chi connectivity index (χ4n) is 3.18. The molecule has 0 atom stereocenters. The van der Waals surface area contributed by atoms with E-state index in [1.54, 1.807) is 10.8 Å². The molecular weight excluding hydrogens is 368 g/mol. The Hall–Kier alpha value is -3.66. The van der Waals surface area contributed by atoms with E-state index in [9.17, 15) is 9.59 Å². The second-order valence-electron chi connectivity index (χ2n) is 6.79. The van der Waals surface area contributed by atoms with Crippen LogP contribution in [0.3, 0.4) is 0 Å². The van der Waals surface area contributed by atoms with E-state index in [4.69, 9.17) is 10.00 Å². The number of aromatic nitrogens is 2. The molecule has 1 N–H and O–H groups in total. The van der Waals surface area contributed by atoms with Gasteiger partial charge >= 0.3 is 5.97 Å². The van der Waals surface area contributed by atoms with Gasteiger partial charge < -0.3 is 10.1 Å². The van der Waals surface area contributed by atoms with E-state index in [1.807, 2.05) is 50.3 Å². The van der Waals surface area contributed by atoms with Gasteiger partial charge in [0.05, 0.1) is 35.3 Å². The van der Waals surface area contributed by atoms with Crippen molar-refractivity contribution >= 4 is 17.6 Å². The third-order valence-electron chi connectivity index (χ3n) is 4.61. The van der Waals surface area contributed by atoms with Crippen LogP contribution in [0.25, 0.3) is 5.69 Å². The summed E-state index contributed by atoms with van der Waals surface area (Å²) in [5.41, 5.74) is 4.36. The molecule has 0 fully saturated rings. The van der Waals surface area contributed by atoms with Gasteiger partial charge in [-0.2, -0.15) is 10.4 Å². The molecule has 148 valence electrons. The summed E-state index contributed by atoms with van der Waals surface area (Å²) >= 11 is 0. The van der Waals surface area contributed by atoms with Crippen molar-refractivity contribution in [3.05, 3.63) is 65.0 Å². The summed E-state index contributed by atoms with van der Waals surface area (Å²) in [6, 6.07) is 11.7. The highest BCUT2D eigenvalue weighted by atomic mass is 16.5. The van der Waals surface area contributed by atoms with Crippen LogP contribution in [0, 0.1) is 25.2 Å². The quantitative estimate of drug-likeness (QED) is 0.761. The third-order valence-corrected chi connectivity index (χ3v) is 4.61. The maximum Gasteiger partial charge on any atom is 0.310 e. The molecule has 3 rings (SSSR count). The SMILES string of the molecule is Cc1nn(-c2ccccc2)c(C)c1NC(=O)COC(=O)CC1=CC(C#N)=CCC1. The lowest BCUT2D eigenvalue weighted by molar-refractivity contribution is -0.146. The van der Waals surface area contributed by atoms with E-state index in [-0.39, 0.29) is 13.0 Å². The first-order valence-electron chi connectivity index (χ1n) is 9.34. The average molecular weight is 390 g/mol. The van der Waals surface area contributed by atoms with Crippen molar-refractivity contribution in [2.75, 3.05) is 11.9 Å². The molecular formula is C22H22N4O3. The smallest absolute Gasteiger partial charge is 0.310 e. The van der Waals surface area contributed by atoms with Crippen molar-refractivity contribution in [2.45, 2.75) is 33.1 Å². The molecule has 0 saturated heterocycles. The number of nitriles is 1. The predicted octanol–water partition coefficient (Wildman–Crippen LogP) is 3.53. The minimum absolute atomic E-state index is 0.0797. The zero-order valence-corrected chi connectivity index (χ0v) is 16.4. The Kier molecular flexibility index (Phi) is 6.25. The number of aryl methyl sites for hydroxylation is 1. The van der Waals surface area contributed by atoms with Gasteiger partial charge in [0.2, 0.25) is 0 Å². The topological polar surface area (TPSA) is 97.0 Å². The lowest BCUT2D eigenvalue weighted by Gasteiger charge is -2.11. The number of nitrogens with zero attached hydrogens (tertiary/aromatic N) is 3. The number of esters is 1. The maximum absolute atomic E-state index is 12.3. The molecule has 1 aliphatic carbocycles. The van der Waals surface area contributed by atoms with Crippen molar-refractivity contribution in [1.29, 1.82) is 5.26 Å². The molecule has 29 heavy (non-hydrogen) atoms. The number of hydrogen-bond acceptors (Lipinski definition) is 5. The van der Waals surface area contributed by atoms with E-state index in [0.717, 1.165) is 23.4 Å². The molecule has 0 bridgehead atoms. The van der Waals surface area contributed by atoms with Gasteiger partial charge in [-0.1, -0.05) is 29.8 Å².